The molecule has 0 aliphatic heterocycles. The summed E-state index contributed by atoms with van der Waals surface area (Å²) in [6.45, 7) is 1.80. The smallest absolute Gasteiger partial charge is 0.241 e. The molecule has 0 aromatic carbocycles. The zero-order valence-corrected chi connectivity index (χ0v) is 6.59. The predicted molar refractivity (Wildman–Crippen MR) is 40.6 cm³/mol. The van der Waals surface area contributed by atoms with Crippen molar-refractivity contribution in [3.05, 3.63) is 0 Å². The van der Waals surface area contributed by atoms with Crippen LogP contribution in [0.4, 0.5) is 0 Å². The van der Waals surface area contributed by atoms with Crippen LogP contribution < -0.4 is 5.43 Å². The number of hydrogen-bond donors (Lipinski definition) is 1. The number of carbonyl (C=O) groups is 1. The third-order valence-corrected chi connectivity index (χ3v) is 1.04. The summed E-state index contributed by atoms with van der Waals surface area (Å²) in [5, 5.41) is 1.35. The van der Waals surface area contributed by atoms with E-state index in [0.717, 1.165) is 0 Å². The molecule has 4 nitrogen and oxygen atoms in total. The molecule has 4 heteroatoms. The monoisotopic (exact) mass is 143 g/mol. The van der Waals surface area contributed by atoms with Crippen molar-refractivity contribution in [1.82, 2.24) is 10.4 Å². The highest BCUT2D eigenvalue weighted by molar-refractivity contribution is 5.86. The van der Waals surface area contributed by atoms with Crippen LogP contribution in [0.2, 0.25) is 0 Å². The average molecular weight is 143 g/mol. The molecular formula is C6H13N3O. The molecular weight excluding hydrogens is 130 g/mol. The maximum Gasteiger partial charge on any atom is 0.241 e. The quantitative estimate of drug-likeness (QED) is 0.344. The van der Waals surface area contributed by atoms with Gasteiger partial charge in [0, 0.05) is 20.5 Å². The summed E-state index contributed by atoms with van der Waals surface area (Å²) in [6.07, 6.45) is 1.93. The molecule has 58 valence electrons. The number of nitrogens with one attached hydrogen (secondary N) is 1. The van der Waals surface area contributed by atoms with E-state index in [1.165, 1.54) is 11.3 Å². The largest absolute Gasteiger partial charge is 0.277 e. The highest BCUT2D eigenvalue weighted by Gasteiger charge is 2.03. The number of nitrogens with zero attached hydrogens (tertiary/aromatic N) is 2. The van der Waals surface area contributed by atoms with Gasteiger partial charge in [0.25, 0.3) is 0 Å². The summed E-state index contributed by atoms with van der Waals surface area (Å²) >= 11 is 0. The van der Waals surface area contributed by atoms with E-state index >= 15 is 0 Å². The SMILES string of the molecule is CCC(=O)N(C=NC)NC. The zero-order valence-electron chi connectivity index (χ0n) is 6.59. The van der Waals surface area contributed by atoms with Crippen molar-refractivity contribution in [2.24, 2.45) is 4.99 Å². The number of carbonyl (C=O) groups excluding carboxylic acids is 1. The molecule has 0 aliphatic carbocycles. The van der Waals surface area contributed by atoms with Crippen molar-refractivity contribution < 1.29 is 4.79 Å². The van der Waals surface area contributed by atoms with E-state index in [2.05, 4.69) is 10.4 Å². The fraction of sp³-hybridized carbons (Fsp3) is 0.667. The zero-order chi connectivity index (χ0) is 7.98. The Hall–Kier alpha value is -0.900. The number of hydrogen-bond acceptors (Lipinski definition) is 3. The molecule has 0 rings (SSSR count). The maximum atomic E-state index is 10.9. The van der Waals surface area contributed by atoms with Gasteiger partial charge in [-0.1, -0.05) is 6.92 Å². The minimum atomic E-state index is 0.00750. The van der Waals surface area contributed by atoms with Crippen molar-refractivity contribution in [2.45, 2.75) is 13.3 Å². The molecule has 0 bridgehead atoms. The average Bonchev–Trinajstić information content (AvgIpc) is 1.99. The molecule has 0 unspecified atom stereocenters. The summed E-state index contributed by atoms with van der Waals surface area (Å²) in [5.41, 5.74) is 2.69. The lowest BCUT2D eigenvalue weighted by molar-refractivity contribution is -0.128. The Morgan fingerprint density at radius 2 is 2.40 bits per heavy atom. The summed E-state index contributed by atoms with van der Waals surface area (Å²) in [7, 11) is 3.29. The molecule has 0 aliphatic rings. The third-order valence-electron chi connectivity index (χ3n) is 1.04. The maximum absolute atomic E-state index is 10.9. The topological polar surface area (TPSA) is 44.7 Å². The van der Waals surface area contributed by atoms with E-state index in [4.69, 9.17) is 0 Å². The normalized spacial score (nSPS) is 10.3. The molecule has 0 radical (unpaired) electrons. The molecule has 0 spiro atoms. The standard InChI is InChI=1S/C6H13N3O/c1-4-6(10)9(8-3)5-7-2/h5,8H,4H2,1-3H3. The fourth-order valence-corrected chi connectivity index (χ4v) is 0.533. The van der Waals surface area contributed by atoms with Crippen LogP contribution in [0.1, 0.15) is 13.3 Å². The van der Waals surface area contributed by atoms with Gasteiger partial charge < -0.3 is 0 Å². The van der Waals surface area contributed by atoms with E-state index in [-0.39, 0.29) is 5.91 Å². The fourth-order valence-electron chi connectivity index (χ4n) is 0.533. The van der Waals surface area contributed by atoms with Gasteiger partial charge in [-0.3, -0.25) is 9.79 Å². The van der Waals surface area contributed by atoms with Crippen LogP contribution in [0.3, 0.4) is 0 Å². The molecule has 0 atom stereocenters. The van der Waals surface area contributed by atoms with Gasteiger partial charge in [0.15, 0.2) is 0 Å². The van der Waals surface area contributed by atoms with Crippen molar-refractivity contribution >= 4 is 12.2 Å². The van der Waals surface area contributed by atoms with Crippen LogP contribution >= 0.6 is 0 Å². The number of amides is 1. The van der Waals surface area contributed by atoms with Crippen molar-refractivity contribution in [2.75, 3.05) is 14.1 Å². The van der Waals surface area contributed by atoms with Crippen LogP contribution in [0.15, 0.2) is 4.99 Å². The summed E-state index contributed by atoms with van der Waals surface area (Å²) in [4.78, 5) is 14.6. The van der Waals surface area contributed by atoms with E-state index in [9.17, 15) is 4.79 Å². The van der Waals surface area contributed by atoms with Gasteiger partial charge in [-0.25, -0.2) is 10.4 Å². The molecule has 1 N–H and O–H groups in total. The van der Waals surface area contributed by atoms with Crippen molar-refractivity contribution in [1.29, 1.82) is 0 Å². The molecule has 10 heavy (non-hydrogen) atoms. The Bertz CT molecular complexity index is 133. The van der Waals surface area contributed by atoms with Crippen LogP contribution in [-0.4, -0.2) is 31.3 Å². The van der Waals surface area contributed by atoms with Gasteiger partial charge in [-0.15, -0.1) is 0 Å². The molecule has 0 aromatic heterocycles. The molecule has 0 heterocycles. The molecule has 0 saturated carbocycles. The molecule has 0 aromatic rings. The van der Waals surface area contributed by atoms with Gasteiger partial charge in [-0.05, 0) is 0 Å². The molecule has 0 fully saturated rings. The Kier molecular flexibility index (Phi) is 4.49. The minimum Gasteiger partial charge on any atom is -0.277 e. The lowest BCUT2D eigenvalue weighted by atomic mass is 10.4. The highest BCUT2D eigenvalue weighted by atomic mass is 16.2. The summed E-state index contributed by atoms with van der Waals surface area (Å²) < 4.78 is 0. The minimum absolute atomic E-state index is 0.00750. The van der Waals surface area contributed by atoms with Crippen LogP contribution in [0.5, 0.6) is 0 Å². The molecule has 0 saturated heterocycles. The Morgan fingerprint density at radius 1 is 1.80 bits per heavy atom. The van der Waals surface area contributed by atoms with Gasteiger partial charge >= 0.3 is 0 Å². The van der Waals surface area contributed by atoms with Crippen molar-refractivity contribution in [3.63, 3.8) is 0 Å². The predicted octanol–water partition coefficient (Wildman–Crippen LogP) is 0.0175. The van der Waals surface area contributed by atoms with E-state index in [0.29, 0.717) is 6.42 Å². The van der Waals surface area contributed by atoms with E-state index in [1.807, 2.05) is 0 Å². The van der Waals surface area contributed by atoms with Crippen LogP contribution in [0, 0.1) is 0 Å². The van der Waals surface area contributed by atoms with Gasteiger partial charge in [0.1, 0.15) is 6.34 Å². The second-order valence-electron chi connectivity index (χ2n) is 1.71. The lowest BCUT2D eigenvalue weighted by Crippen LogP contribution is -2.38. The first-order chi connectivity index (χ1) is 4.76. The second kappa shape index (κ2) is 4.93. The first-order valence-corrected chi connectivity index (χ1v) is 3.18. The van der Waals surface area contributed by atoms with E-state index in [1.54, 1.807) is 21.0 Å². The second-order valence-corrected chi connectivity index (χ2v) is 1.71. The van der Waals surface area contributed by atoms with Gasteiger partial charge in [-0.2, -0.15) is 0 Å². The Balaban J connectivity index is 3.93. The number of rotatable bonds is 3. The first kappa shape index (κ1) is 9.10. The van der Waals surface area contributed by atoms with Crippen LogP contribution in [-0.2, 0) is 4.79 Å². The molecule has 1 amide bonds. The number of aliphatic imine (C=N–C) groups is 1. The summed E-state index contributed by atoms with van der Waals surface area (Å²) in [6, 6.07) is 0. The van der Waals surface area contributed by atoms with Gasteiger partial charge in [0.2, 0.25) is 5.91 Å². The van der Waals surface area contributed by atoms with Crippen molar-refractivity contribution in [3.8, 4) is 0 Å². The van der Waals surface area contributed by atoms with Crippen LogP contribution in [0.25, 0.3) is 0 Å². The Morgan fingerprint density at radius 3 is 2.70 bits per heavy atom. The van der Waals surface area contributed by atoms with E-state index < -0.39 is 0 Å². The Labute approximate surface area is 60.9 Å². The lowest BCUT2D eigenvalue weighted by Gasteiger charge is -2.13. The van der Waals surface area contributed by atoms with Gasteiger partial charge in [0.05, 0.1) is 0 Å². The third kappa shape index (κ3) is 2.59. The first-order valence-electron chi connectivity index (χ1n) is 3.18. The highest BCUT2D eigenvalue weighted by Crippen LogP contribution is 1.83. The summed E-state index contributed by atoms with van der Waals surface area (Å²) in [5.74, 6) is 0.00750. The number of hydrazine groups is 1.